The first-order valence-electron chi connectivity index (χ1n) is 9.21. The van der Waals surface area contributed by atoms with E-state index in [1.807, 2.05) is 30.1 Å². The Morgan fingerprint density at radius 3 is 2.48 bits per heavy atom. The first kappa shape index (κ1) is 19.2. The van der Waals surface area contributed by atoms with Gasteiger partial charge in [-0.15, -0.1) is 15.3 Å². The first-order valence-corrected chi connectivity index (χ1v) is 9.21. The molecule has 3 aromatic rings. The van der Waals surface area contributed by atoms with E-state index in [1.165, 1.54) is 0 Å². The van der Waals surface area contributed by atoms with E-state index in [2.05, 4.69) is 20.2 Å². The van der Waals surface area contributed by atoms with Crippen LogP contribution in [0.25, 0.3) is 5.65 Å². The van der Waals surface area contributed by atoms with Crippen molar-refractivity contribution in [1.29, 1.82) is 0 Å². The Hall–Kier alpha value is -3.17. The highest BCUT2D eigenvalue weighted by Crippen LogP contribution is 2.32. The summed E-state index contributed by atoms with van der Waals surface area (Å²) in [6.45, 7) is 1.61. The lowest BCUT2D eigenvalue weighted by atomic mass is 10.2. The molecule has 4 rings (SSSR count). The van der Waals surface area contributed by atoms with Crippen molar-refractivity contribution in [3.05, 3.63) is 36.2 Å². The lowest BCUT2D eigenvalue weighted by molar-refractivity contribution is 0.137. The summed E-state index contributed by atoms with van der Waals surface area (Å²) in [4.78, 5) is 4.25. The number of ether oxygens (including phenoxy) is 2. The van der Waals surface area contributed by atoms with Crippen molar-refractivity contribution in [2.24, 2.45) is 0 Å². The summed E-state index contributed by atoms with van der Waals surface area (Å²) >= 11 is 0. The van der Waals surface area contributed by atoms with E-state index in [1.54, 1.807) is 26.4 Å². The summed E-state index contributed by atoms with van der Waals surface area (Å²) in [5.41, 5.74) is 1.31. The SMILES string of the molecule is COc1cc(OC)cc(N2CCC(N(C)c3ccc4nnc(C(F)F)n4n3)C2)c1. The Morgan fingerprint density at radius 2 is 1.83 bits per heavy atom. The van der Waals surface area contributed by atoms with Gasteiger partial charge >= 0.3 is 0 Å². The van der Waals surface area contributed by atoms with E-state index in [4.69, 9.17) is 9.47 Å². The monoisotopic (exact) mass is 404 g/mol. The van der Waals surface area contributed by atoms with Gasteiger partial charge < -0.3 is 19.3 Å². The molecule has 3 heterocycles. The zero-order valence-electron chi connectivity index (χ0n) is 16.4. The van der Waals surface area contributed by atoms with Gasteiger partial charge in [0.2, 0.25) is 5.82 Å². The van der Waals surface area contributed by atoms with Crippen LogP contribution in [0.3, 0.4) is 0 Å². The maximum atomic E-state index is 13.1. The van der Waals surface area contributed by atoms with Crippen molar-refractivity contribution in [3.8, 4) is 11.5 Å². The van der Waals surface area contributed by atoms with Crippen molar-refractivity contribution in [1.82, 2.24) is 19.8 Å². The number of halogens is 2. The van der Waals surface area contributed by atoms with Crippen LogP contribution < -0.4 is 19.3 Å². The molecule has 1 atom stereocenters. The van der Waals surface area contributed by atoms with Gasteiger partial charge in [0.1, 0.15) is 17.3 Å². The number of likely N-dealkylation sites (N-methyl/N-ethyl adjacent to an activating group) is 1. The van der Waals surface area contributed by atoms with Gasteiger partial charge in [-0.05, 0) is 18.6 Å². The Labute approximate surface area is 166 Å². The summed E-state index contributed by atoms with van der Waals surface area (Å²) in [6.07, 6.45) is -1.83. The lowest BCUT2D eigenvalue weighted by Crippen LogP contribution is -2.35. The van der Waals surface area contributed by atoms with Gasteiger partial charge in [0.05, 0.1) is 14.2 Å². The summed E-state index contributed by atoms with van der Waals surface area (Å²) in [6, 6.07) is 9.38. The van der Waals surface area contributed by atoms with Crippen LogP contribution in [0.5, 0.6) is 11.5 Å². The van der Waals surface area contributed by atoms with Crippen LogP contribution in [-0.4, -0.2) is 60.2 Å². The molecule has 0 saturated carbocycles. The molecule has 0 N–H and O–H groups in total. The van der Waals surface area contributed by atoms with Crippen LogP contribution in [0.4, 0.5) is 20.3 Å². The topological polar surface area (TPSA) is 68.0 Å². The molecular formula is C19H22F2N6O2. The van der Waals surface area contributed by atoms with Gasteiger partial charge in [0.15, 0.2) is 5.65 Å². The van der Waals surface area contributed by atoms with Crippen molar-refractivity contribution < 1.29 is 18.3 Å². The molecule has 2 aromatic heterocycles. The van der Waals surface area contributed by atoms with E-state index in [0.717, 1.165) is 41.2 Å². The van der Waals surface area contributed by atoms with Crippen molar-refractivity contribution in [2.45, 2.75) is 18.9 Å². The summed E-state index contributed by atoms with van der Waals surface area (Å²) in [7, 11) is 5.17. The number of methoxy groups -OCH3 is 2. The summed E-state index contributed by atoms with van der Waals surface area (Å²) in [5.74, 6) is 1.60. The smallest absolute Gasteiger partial charge is 0.299 e. The third-order valence-corrected chi connectivity index (χ3v) is 5.24. The number of hydrogen-bond acceptors (Lipinski definition) is 7. The van der Waals surface area contributed by atoms with E-state index < -0.39 is 12.2 Å². The molecule has 10 heteroatoms. The molecule has 8 nitrogen and oxygen atoms in total. The highest BCUT2D eigenvalue weighted by Gasteiger charge is 2.28. The fourth-order valence-corrected chi connectivity index (χ4v) is 3.57. The number of alkyl halides is 2. The second-order valence-corrected chi connectivity index (χ2v) is 6.89. The molecule has 1 aliphatic heterocycles. The van der Waals surface area contributed by atoms with E-state index in [9.17, 15) is 8.78 Å². The highest BCUT2D eigenvalue weighted by molar-refractivity contribution is 5.57. The number of benzene rings is 1. The van der Waals surface area contributed by atoms with E-state index in [-0.39, 0.29) is 6.04 Å². The van der Waals surface area contributed by atoms with Gasteiger partial charge in [0.25, 0.3) is 6.43 Å². The predicted octanol–water partition coefficient (Wildman–Crippen LogP) is 2.79. The maximum Gasteiger partial charge on any atom is 0.299 e. The summed E-state index contributed by atoms with van der Waals surface area (Å²) < 4.78 is 38.1. The molecule has 29 heavy (non-hydrogen) atoms. The second-order valence-electron chi connectivity index (χ2n) is 6.89. The second kappa shape index (κ2) is 7.69. The first-order chi connectivity index (χ1) is 14.0. The number of nitrogens with zero attached hydrogens (tertiary/aromatic N) is 6. The van der Waals surface area contributed by atoms with Crippen LogP contribution in [0.2, 0.25) is 0 Å². The Morgan fingerprint density at radius 1 is 1.10 bits per heavy atom. The van der Waals surface area contributed by atoms with E-state index >= 15 is 0 Å². The van der Waals surface area contributed by atoms with Crippen LogP contribution in [0.15, 0.2) is 30.3 Å². The van der Waals surface area contributed by atoms with Crippen molar-refractivity contribution in [3.63, 3.8) is 0 Å². The molecule has 0 aliphatic carbocycles. The molecule has 1 fully saturated rings. The number of anilines is 2. The predicted molar refractivity (Wildman–Crippen MR) is 104 cm³/mol. The molecule has 1 unspecified atom stereocenters. The van der Waals surface area contributed by atoms with Crippen LogP contribution in [0, 0.1) is 0 Å². The lowest BCUT2D eigenvalue weighted by Gasteiger charge is -2.26. The highest BCUT2D eigenvalue weighted by atomic mass is 19.3. The Balaban J connectivity index is 1.55. The quantitative estimate of drug-likeness (QED) is 0.626. The number of aromatic nitrogens is 4. The third kappa shape index (κ3) is 3.62. The fraction of sp³-hybridized carbons (Fsp3) is 0.421. The average molecular weight is 404 g/mol. The summed E-state index contributed by atoms with van der Waals surface area (Å²) in [5, 5.41) is 11.6. The largest absolute Gasteiger partial charge is 0.497 e. The van der Waals surface area contributed by atoms with Crippen molar-refractivity contribution in [2.75, 3.05) is 44.2 Å². The molecule has 0 bridgehead atoms. The molecule has 0 spiro atoms. The standard InChI is InChI=1S/C19H22F2N6O2/c1-25(17-5-4-16-22-23-19(18(20)21)27(16)24-17)12-6-7-26(11-12)13-8-14(28-2)10-15(9-13)29-3/h4-5,8-10,12,18H,6-7,11H2,1-3H3. The van der Waals surface area contributed by atoms with Gasteiger partial charge in [0, 0.05) is 50.1 Å². The van der Waals surface area contributed by atoms with Crippen molar-refractivity contribution >= 4 is 17.2 Å². The molecular weight excluding hydrogens is 382 g/mol. The number of fused-ring (bicyclic) bond motifs is 1. The molecule has 0 radical (unpaired) electrons. The maximum absolute atomic E-state index is 13.1. The number of hydrogen-bond donors (Lipinski definition) is 0. The minimum Gasteiger partial charge on any atom is -0.497 e. The molecule has 1 aromatic carbocycles. The van der Waals surface area contributed by atoms with E-state index in [0.29, 0.717) is 11.5 Å². The van der Waals surface area contributed by atoms with Gasteiger partial charge in [-0.2, -0.15) is 4.52 Å². The minimum absolute atomic E-state index is 0.170. The van der Waals surface area contributed by atoms with Crippen LogP contribution >= 0.6 is 0 Å². The Kier molecular flexibility index (Phi) is 5.08. The van der Waals surface area contributed by atoms with Gasteiger partial charge in [-0.1, -0.05) is 0 Å². The zero-order valence-corrected chi connectivity index (χ0v) is 16.4. The molecule has 1 aliphatic rings. The molecule has 1 saturated heterocycles. The zero-order chi connectivity index (χ0) is 20.5. The minimum atomic E-state index is -2.73. The van der Waals surface area contributed by atoms with Crippen LogP contribution in [0.1, 0.15) is 18.7 Å². The number of rotatable bonds is 6. The fourth-order valence-electron chi connectivity index (χ4n) is 3.57. The van der Waals surface area contributed by atoms with Gasteiger partial charge in [-0.25, -0.2) is 8.78 Å². The third-order valence-electron chi connectivity index (χ3n) is 5.24. The van der Waals surface area contributed by atoms with Crippen LogP contribution in [-0.2, 0) is 0 Å². The molecule has 0 amide bonds. The Bertz CT molecular complexity index is 989. The average Bonchev–Trinajstić information content (AvgIpc) is 3.39. The normalized spacial score (nSPS) is 16.6. The molecule has 154 valence electrons. The van der Waals surface area contributed by atoms with Gasteiger partial charge in [-0.3, -0.25) is 0 Å².